The van der Waals surface area contributed by atoms with Crippen molar-refractivity contribution < 1.29 is 17.9 Å². The Labute approximate surface area is 151 Å². The molecule has 3 aromatic rings. The van der Waals surface area contributed by atoms with E-state index in [0.29, 0.717) is 29.1 Å². The zero-order chi connectivity index (χ0) is 19.6. The van der Waals surface area contributed by atoms with Crippen molar-refractivity contribution in [1.82, 2.24) is 30.2 Å². The van der Waals surface area contributed by atoms with E-state index in [1.165, 1.54) is 18.8 Å². The molecule has 0 saturated carbocycles. The van der Waals surface area contributed by atoms with Gasteiger partial charge in [-0.2, -0.15) is 22.8 Å². The summed E-state index contributed by atoms with van der Waals surface area (Å²) in [7, 11) is 2.84. The van der Waals surface area contributed by atoms with Gasteiger partial charge in [0.1, 0.15) is 17.1 Å². The summed E-state index contributed by atoms with van der Waals surface area (Å²) in [6.45, 7) is 1.73. The lowest BCUT2D eigenvalue weighted by molar-refractivity contribution is -0.137. The average Bonchev–Trinajstić information content (AvgIpc) is 3.06. The Bertz CT molecular complexity index is 956. The standard InChI is InChI=1S/C15H15F3N8O/c1-8-23-24-25-26(8)10-4-9(5-11(6-10)27-3)21-14-20-7-12(15(16,17)18)13(19-2)22-14/h4-7H,1-3H3,(H2,19,20,21,22). The van der Waals surface area contributed by atoms with Crippen LogP contribution < -0.4 is 15.4 Å². The fourth-order valence-electron chi connectivity index (χ4n) is 2.34. The van der Waals surface area contributed by atoms with Crippen LogP contribution in [0.4, 0.5) is 30.6 Å². The maximum absolute atomic E-state index is 13.0. The molecule has 0 aliphatic carbocycles. The van der Waals surface area contributed by atoms with Crippen molar-refractivity contribution in [3.63, 3.8) is 0 Å². The highest BCUT2D eigenvalue weighted by molar-refractivity contribution is 5.62. The number of hydrogen-bond acceptors (Lipinski definition) is 8. The van der Waals surface area contributed by atoms with Gasteiger partial charge in [0.2, 0.25) is 5.95 Å². The second-order valence-corrected chi connectivity index (χ2v) is 5.39. The molecule has 27 heavy (non-hydrogen) atoms. The summed E-state index contributed by atoms with van der Waals surface area (Å²) in [6, 6.07) is 5.04. The molecule has 2 heterocycles. The van der Waals surface area contributed by atoms with Gasteiger partial charge in [-0.15, -0.1) is 5.10 Å². The summed E-state index contributed by atoms with van der Waals surface area (Å²) in [5, 5.41) is 16.6. The topological polar surface area (TPSA) is 103 Å². The van der Waals surface area contributed by atoms with Crippen LogP contribution >= 0.6 is 0 Å². The van der Waals surface area contributed by atoms with Gasteiger partial charge in [0, 0.05) is 31.1 Å². The fourth-order valence-corrected chi connectivity index (χ4v) is 2.34. The first-order valence-corrected chi connectivity index (χ1v) is 7.65. The largest absolute Gasteiger partial charge is 0.497 e. The highest BCUT2D eigenvalue weighted by Crippen LogP contribution is 2.34. The van der Waals surface area contributed by atoms with Crippen molar-refractivity contribution in [2.75, 3.05) is 24.8 Å². The first-order chi connectivity index (χ1) is 12.8. The van der Waals surface area contributed by atoms with E-state index in [2.05, 4.69) is 36.1 Å². The van der Waals surface area contributed by atoms with E-state index in [-0.39, 0.29) is 11.8 Å². The average molecular weight is 380 g/mol. The number of anilines is 3. The van der Waals surface area contributed by atoms with Crippen LogP contribution in [0.3, 0.4) is 0 Å². The number of nitrogens with zero attached hydrogens (tertiary/aromatic N) is 6. The van der Waals surface area contributed by atoms with E-state index in [1.54, 1.807) is 25.1 Å². The maximum atomic E-state index is 13.0. The summed E-state index contributed by atoms with van der Waals surface area (Å²) < 4.78 is 45.6. The number of rotatable bonds is 5. The predicted octanol–water partition coefficient (Wildman–Crippen LogP) is 2.57. The Hall–Kier alpha value is -3.44. The summed E-state index contributed by atoms with van der Waals surface area (Å²) in [5.41, 5.74) is 0.132. The Morgan fingerprint density at radius 1 is 1.19 bits per heavy atom. The molecule has 0 amide bonds. The summed E-state index contributed by atoms with van der Waals surface area (Å²) in [5.74, 6) is 0.697. The third kappa shape index (κ3) is 3.88. The maximum Gasteiger partial charge on any atom is 0.421 e. The molecule has 2 aromatic heterocycles. The molecule has 2 N–H and O–H groups in total. The summed E-state index contributed by atoms with van der Waals surface area (Å²) in [4.78, 5) is 7.62. The number of aryl methyl sites for hydroxylation is 1. The lowest BCUT2D eigenvalue weighted by Gasteiger charge is -2.14. The van der Waals surface area contributed by atoms with Gasteiger partial charge < -0.3 is 15.4 Å². The molecule has 0 bridgehead atoms. The first-order valence-electron chi connectivity index (χ1n) is 7.65. The summed E-state index contributed by atoms with van der Waals surface area (Å²) >= 11 is 0. The number of hydrogen-bond donors (Lipinski definition) is 2. The van der Waals surface area contributed by atoms with Gasteiger partial charge in [-0.05, 0) is 23.4 Å². The predicted molar refractivity (Wildman–Crippen MR) is 90.3 cm³/mol. The third-order valence-electron chi connectivity index (χ3n) is 3.58. The molecule has 0 aliphatic rings. The van der Waals surface area contributed by atoms with Crippen molar-refractivity contribution in [2.24, 2.45) is 0 Å². The summed E-state index contributed by atoms with van der Waals surface area (Å²) in [6.07, 6.45) is -3.84. The molecule has 0 aliphatic heterocycles. The van der Waals surface area contributed by atoms with Crippen molar-refractivity contribution in [2.45, 2.75) is 13.1 Å². The van der Waals surface area contributed by atoms with Gasteiger partial charge in [0.15, 0.2) is 5.82 Å². The van der Waals surface area contributed by atoms with E-state index in [9.17, 15) is 13.2 Å². The van der Waals surface area contributed by atoms with Crippen LogP contribution in [-0.2, 0) is 6.18 Å². The molecule has 0 spiro atoms. The molecule has 0 atom stereocenters. The smallest absolute Gasteiger partial charge is 0.421 e. The number of alkyl halides is 3. The minimum absolute atomic E-state index is 0.0139. The molecule has 0 unspecified atom stereocenters. The van der Waals surface area contributed by atoms with Crippen LogP contribution in [0.5, 0.6) is 5.75 Å². The minimum Gasteiger partial charge on any atom is -0.497 e. The lowest BCUT2D eigenvalue weighted by atomic mass is 10.2. The number of aromatic nitrogens is 6. The number of methoxy groups -OCH3 is 1. The molecule has 1 aromatic carbocycles. The Morgan fingerprint density at radius 2 is 1.96 bits per heavy atom. The number of ether oxygens (including phenoxy) is 1. The Morgan fingerprint density at radius 3 is 2.56 bits per heavy atom. The highest BCUT2D eigenvalue weighted by Gasteiger charge is 2.35. The Balaban J connectivity index is 1.97. The molecular formula is C15H15F3N8O. The Kier molecular flexibility index (Phi) is 4.79. The molecule has 9 nitrogen and oxygen atoms in total. The van der Waals surface area contributed by atoms with Crippen LogP contribution in [0.15, 0.2) is 24.4 Å². The van der Waals surface area contributed by atoms with E-state index in [4.69, 9.17) is 4.74 Å². The fraction of sp³-hybridized carbons (Fsp3) is 0.267. The molecule has 12 heteroatoms. The first kappa shape index (κ1) is 18.4. The van der Waals surface area contributed by atoms with Crippen LogP contribution in [-0.4, -0.2) is 44.3 Å². The monoisotopic (exact) mass is 380 g/mol. The molecule has 3 rings (SSSR count). The highest BCUT2D eigenvalue weighted by atomic mass is 19.4. The quantitative estimate of drug-likeness (QED) is 0.696. The van der Waals surface area contributed by atoms with Crippen molar-refractivity contribution in [3.05, 3.63) is 35.8 Å². The number of benzene rings is 1. The van der Waals surface area contributed by atoms with Gasteiger partial charge in [-0.3, -0.25) is 0 Å². The molecule has 0 radical (unpaired) electrons. The minimum atomic E-state index is -4.56. The number of nitrogens with one attached hydrogen (secondary N) is 2. The lowest BCUT2D eigenvalue weighted by Crippen LogP contribution is -2.12. The van der Waals surface area contributed by atoms with Gasteiger partial charge in [-0.25, -0.2) is 4.98 Å². The normalized spacial score (nSPS) is 11.3. The van der Waals surface area contributed by atoms with Crippen molar-refractivity contribution in [3.8, 4) is 11.4 Å². The van der Waals surface area contributed by atoms with E-state index < -0.39 is 11.7 Å². The molecular weight excluding hydrogens is 365 g/mol. The second-order valence-electron chi connectivity index (χ2n) is 5.39. The van der Waals surface area contributed by atoms with Crippen LogP contribution in [0.1, 0.15) is 11.4 Å². The van der Waals surface area contributed by atoms with Gasteiger partial charge in [-0.1, -0.05) is 0 Å². The van der Waals surface area contributed by atoms with Gasteiger partial charge in [0.25, 0.3) is 0 Å². The van der Waals surface area contributed by atoms with Crippen molar-refractivity contribution >= 4 is 17.5 Å². The van der Waals surface area contributed by atoms with Crippen LogP contribution in [0, 0.1) is 6.92 Å². The third-order valence-corrected chi connectivity index (χ3v) is 3.58. The zero-order valence-corrected chi connectivity index (χ0v) is 14.5. The zero-order valence-electron chi connectivity index (χ0n) is 14.5. The van der Waals surface area contributed by atoms with Crippen LogP contribution in [0.25, 0.3) is 5.69 Å². The SMILES string of the molecule is CNc1nc(Nc2cc(OC)cc(-n3nnnc3C)c2)ncc1C(F)(F)F. The number of halogens is 3. The van der Waals surface area contributed by atoms with Gasteiger partial charge in [0.05, 0.1) is 12.8 Å². The molecule has 0 fully saturated rings. The van der Waals surface area contributed by atoms with E-state index in [0.717, 1.165) is 0 Å². The van der Waals surface area contributed by atoms with E-state index in [1.807, 2.05) is 0 Å². The molecule has 142 valence electrons. The molecule has 0 saturated heterocycles. The van der Waals surface area contributed by atoms with E-state index >= 15 is 0 Å². The second kappa shape index (κ2) is 7.05. The van der Waals surface area contributed by atoms with Crippen LogP contribution in [0.2, 0.25) is 0 Å². The van der Waals surface area contributed by atoms with Crippen molar-refractivity contribution in [1.29, 1.82) is 0 Å². The van der Waals surface area contributed by atoms with Gasteiger partial charge >= 0.3 is 6.18 Å². The number of tetrazole rings is 1.